The Balaban J connectivity index is 1.56. The lowest BCUT2D eigenvalue weighted by molar-refractivity contribution is 0.0767. The Labute approximate surface area is 178 Å². The highest BCUT2D eigenvalue weighted by Gasteiger charge is 2.26. The van der Waals surface area contributed by atoms with Crippen molar-refractivity contribution in [2.75, 3.05) is 38.2 Å². The number of nitriles is 1. The van der Waals surface area contributed by atoms with Crippen molar-refractivity contribution in [2.24, 2.45) is 0 Å². The molecule has 4 rings (SSSR count). The van der Waals surface area contributed by atoms with Gasteiger partial charge in [0.05, 0.1) is 23.1 Å². The zero-order chi connectivity index (χ0) is 21.1. The number of carbonyl (C=O) groups excluding carboxylic acids is 1. The van der Waals surface area contributed by atoms with Gasteiger partial charge in [0.25, 0.3) is 5.91 Å². The van der Waals surface area contributed by atoms with Crippen LogP contribution in [-0.4, -0.2) is 44.1 Å². The van der Waals surface area contributed by atoms with Crippen LogP contribution < -0.4 is 4.90 Å². The van der Waals surface area contributed by atoms with Crippen LogP contribution in [0.15, 0.2) is 42.5 Å². The van der Waals surface area contributed by atoms with E-state index in [1.54, 1.807) is 13.2 Å². The molecule has 2 heterocycles. The molecular formula is C23H22FN3O2S. The summed E-state index contributed by atoms with van der Waals surface area (Å²) in [6, 6.07) is 14.6. The van der Waals surface area contributed by atoms with Crippen LogP contribution in [0.3, 0.4) is 0 Å². The fraction of sp³-hybridized carbons (Fsp3) is 0.304. The van der Waals surface area contributed by atoms with Gasteiger partial charge in [-0.15, -0.1) is 11.3 Å². The van der Waals surface area contributed by atoms with E-state index < -0.39 is 0 Å². The van der Waals surface area contributed by atoms with Gasteiger partial charge in [0.2, 0.25) is 0 Å². The van der Waals surface area contributed by atoms with Crippen LogP contribution in [0.2, 0.25) is 0 Å². The topological polar surface area (TPSA) is 56.6 Å². The van der Waals surface area contributed by atoms with Crippen LogP contribution in [0.1, 0.15) is 27.2 Å². The van der Waals surface area contributed by atoms with Gasteiger partial charge in [0, 0.05) is 54.6 Å². The average molecular weight is 424 g/mol. The number of nitrogens with zero attached hydrogens (tertiary/aromatic N) is 3. The first kappa shape index (κ1) is 20.3. The molecule has 0 radical (unpaired) electrons. The van der Waals surface area contributed by atoms with Gasteiger partial charge in [0.15, 0.2) is 0 Å². The maximum atomic E-state index is 14.4. The Morgan fingerprint density at radius 1 is 1.17 bits per heavy atom. The van der Waals surface area contributed by atoms with E-state index in [0.717, 1.165) is 23.4 Å². The molecule has 2 aromatic carbocycles. The quantitative estimate of drug-likeness (QED) is 0.624. The molecule has 5 nitrogen and oxygen atoms in total. The van der Waals surface area contributed by atoms with Gasteiger partial charge in [-0.3, -0.25) is 4.79 Å². The summed E-state index contributed by atoms with van der Waals surface area (Å²) in [4.78, 5) is 18.0. The summed E-state index contributed by atoms with van der Waals surface area (Å²) in [6.07, 6.45) is 0.838. The number of benzene rings is 2. The van der Waals surface area contributed by atoms with Crippen molar-refractivity contribution in [3.8, 4) is 6.07 Å². The Morgan fingerprint density at radius 3 is 2.70 bits per heavy atom. The fourth-order valence-corrected chi connectivity index (χ4v) is 5.08. The number of carbonyl (C=O) groups is 1. The average Bonchev–Trinajstić information content (AvgIpc) is 2.96. The van der Waals surface area contributed by atoms with Crippen LogP contribution >= 0.6 is 11.3 Å². The summed E-state index contributed by atoms with van der Waals surface area (Å²) in [5.74, 6) is -0.387. The van der Waals surface area contributed by atoms with Crippen LogP contribution in [0.25, 0.3) is 10.1 Å². The molecule has 0 spiro atoms. The van der Waals surface area contributed by atoms with E-state index in [0.29, 0.717) is 41.0 Å². The van der Waals surface area contributed by atoms with E-state index >= 15 is 0 Å². The predicted octanol–water partition coefficient (Wildman–Crippen LogP) is 4.41. The molecule has 1 amide bonds. The maximum absolute atomic E-state index is 14.4. The molecule has 0 atom stereocenters. The highest BCUT2D eigenvalue weighted by molar-refractivity contribution is 7.21. The van der Waals surface area contributed by atoms with E-state index in [-0.39, 0.29) is 18.3 Å². The van der Waals surface area contributed by atoms with Crippen molar-refractivity contribution < 1.29 is 13.9 Å². The van der Waals surface area contributed by atoms with Crippen molar-refractivity contribution in [1.29, 1.82) is 5.26 Å². The first-order valence-electron chi connectivity index (χ1n) is 9.85. The van der Waals surface area contributed by atoms with E-state index in [9.17, 15) is 9.18 Å². The second-order valence-electron chi connectivity index (χ2n) is 7.25. The van der Waals surface area contributed by atoms with E-state index in [2.05, 4.69) is 11.0 Å². The Morgan fingerprint density at radius 2 is 1.97 bits per heavy atom. The van der Waals surface area contributed by atoms with Gasteiger partial charge in [-0.05, 0) is 42.8 Å². The standard InChI is InChI=1S/C23H22FN3O2S/c1-29-15-18-21-19(24)4-2-5-20(21)30-22(18)23(28)27-11-3-10-26(12-13-27)17-8-6-16(14-25)7-9-17/h2,4-9H,3,10-13,15H2,1H3. The second kappa shape index (κ2) is 8.82. The fourth-order valence-electron chi connectivity index (χ4n) is 3.89. The molecule has 0 N–H and O–H groups in total. The number of ether oxygens (including phenoxy) is 1. The summed E-state index contributed by atoms with van der Waals surface area (Å²) in [7, 11) is 1.56. The lowest BCUT2D eigenvalue weighted by Crippen LogP contribution is -2.35. The van der Waals surface area contributed by atoms with E-state index in [4.69, 9.17) is 10.00 Å². The smallest absolute Gasteiger partial charge is 0.264 e. The normalized spacial score (nSPS) is 14.6. The molecule has 154 valence electrons. The molecule has 0 saturated carbocycles. The molecule has 0 unspecified atom stereocenters. The van der Waals surface area contributed by atoms with Gasteiger partial charge in [0.1, 0.15) is 5.82 Å². The number of halogens is 1. The highest BCUT2D eigenvalue weighted by Crippen LogP contribution is 2.34. The number of hydrogen-bond acceptors (Lipinski definition) is 5. The predicted molar refractivity (Wildman–Crippen MR) is 116 cm³/mol. The summed E-state index contributed by atoms with van der Waals surface area (Å²) >= 11 is 1.33. The van der Waals surface area contributed by atoms with Crippen molar-refractivity contribution in [1.82, 2.24) is 4.90 Å². The largest absolute Gasteiger partial charge is 0.380 e. The lowest BCUT2D eigenvalue weighted by Gasteiger charge is -2.23. The van der Waals surface area contributed by atoms with Crippen LogP contribution in [0, 0.1) is 17.1 Å². The van der Waals surface area contributed by atoms with Crippen LogP contribution in [-0.2, 0) is 11.3 Å². The Hall–Kier alpha value is -2.95. The molecule has 0 aliphatic carbocycles. The molecular weight excluding hydrogens is 401 g/mol. The Bertz CT molecular complexity index is 1100. The lowest BCUT2D eigenvalue weighted by atomic mass is 10.1. The molecule has 0 bridgehead atoms. The molecule has 1 fully saturated rings. The molecule has 1 aromatic heterocycles. The van der Waals surface area contributed by atoms with Crippen molar-refractivity contribution in [3.63, 3.8) is 0 Å². The minimum atomic E-state index is -0.322. The maximum Gasteiger partial charge on any atom is 0.264 e. The number of fused-ring (bicyclic) bond motifs is 1. The van der Waals surface area contributed by atoms with Gasteiger partial charge in [-0.25, -0.2) is 4.39 Å². The minimum absolute atomic E-state index is 0.0654. The zero-order valence-electron chi connectivity index (χ0n) is 16.7. The highest BCUT2D eigenvalue weighted by atomic mass is 32.1. The third-order valence-corrected chi connectivity index (χ3v) is 6.58. The van der Waals surface area contributed by atoms with Gasteiger partial charge < -0.3 is 14.5 Å². The summed E-state index contributed by atoms with van der Waals surface area (Å²) in [5.41, 5.74) is 2.31. The number of anilines is 1. The summed E-state index contributed by atoms with van der Waals surface area (Å²) in [6.45, 7) is 2.97. The molecule has 7 heteroatoms. The number of methoxy groups -OCH3 is 1. The first-order chi connectivity index (χ1) is 14.6. The van der Waals surface area contributed by atoms with Crippen LogP contribution in [0.4, 0.5) is 10.1 Å². The SMILES string of the molecule is COCc1c(C(=O)N2CCCN(c3ccc(C#N)cc3)CC2)sc2cccc(F)c12. The van der Waals surface area contributed by atoms with Crippen molar-refractivity contribution >= 4 is 33.0 Å². The first-order valence-corrected chi connectivity index (χ1v) is 10.7. The summed E-state index contributed by atoms with van der Waals surface area (Å²) < 4.78 is 20.5. The Kier molecular flexibility index (Phi) is 5.98. The number of hydrogen-bond donors (Lipinski definition) is 0. The van der Waals surface area contributed by atoms with Gasteiger partial charge >= 0.3 is 0 Å². The van der Waals surface area contributed by atoms with E-state index in [1.165, 1.54) is 17.4 Å². The number of rotatable bonds is 4. The van der Waals surface area contributed by atoms with Crippen LogP contribution in [0.5, 0.6) is 0 Å². The third-order valence-electron chi connectivity index (χ3n) is 5.39. The number of amides is 1. The monoisotopic (exact) mass is 423 g/mol. The summed E-state index contributed by atoms with van der Waals surface area (Å²) in [5, 5.41) is 9.47. The molecule has 30 heavy (non-hydrogen) atoms. The van der Waals surface area contributed by atoms with Gasteiger partial charge in [-0.2, -0.15) is 5.26 Å². The zero-order valence-corrected chi connectivity index (χ0v) is 17.5. The van der Waals surface area contributed by atoms with Gasteiger partial charge in [-0.1, -0.05) is 6.07 Å². The van der Waals surface area contributed by atoms with Crippen molar-refractivity contribution in [2.45, 2.75) is 13.0 Å². The second-order valence-corrected chi connectivity index (χ2v) is 8.30. The minimum Gasteiger partial charge on any atom is -0.380 e. The third kappa shape index (κ3) is 3.89. The number of thiophene rings is 1. The van der Waals surface area contributed by atoms with Crippen molar-refractivity contribution in [3.05, 3.63) is 64.3 Å². The molecule has 1 aliphatic rings. The molecule has 3 aromatic rings. The molecule has 1 aliphatic heterocycles. The van der Waals surface area contributed by atoms with E-state index in [1.807, 2.05) is 35.2 Å². The molecule has 1 saturated heterocycles.